The molecule has 2 nitrogen and oxygen atoms in total. The first-order chi connectivity index (χ1) is 4.34. The van der Waals surface area contributed by atoms with Crippen LogP contribution in [-0.4, -0.2) is 32.5 Å². The van der Waals surface area contributed by atoms with Crippen molar-refractivity contribution in [1.29, 1.82) is 0 Å². The topological polar surface area (TPSA) is 21.3 Å². The minimum atomic E-state index is -0.767. The van der Waals surface area contributed by atoms with Crippen LogP contribution in [0.4, 0.5) is 4.39 Å². The van der Waals surface area contributed by atoms with Crippen LogP contribution in [0.1, 0.15) is 6.42 Å². The fraction of sp³-hybridized carbons (Fsp3) is 1.00. The van der Waals surface area contributed by atoms with Gasteiger partial charge in [0.2, 0.25) is 0 Å². The Hall–Kier alpha value is -0.150. The van der Waals surface area contributed by atoms with Gasteiger partial charge in [-0.2, -0.15) is 0 Å². The molecule has 1 rings (SSSR count). The van der Waals surface area contributed by atoms with Crippen molar-refractivity contribution in [3.8, 4) is 0 Å². The third-order valence-electron chi connectivity index (χ3n) is 1.65. The van der Waals surface area contributed by atoms with Crippen LogP contribution in [-0.2, 0) is 4.74 Å². The number of hydrogen-bond acceptors (Lipinski definition) is 2. The summed E-state index contributed by atoms with van der Waals surface area (Å²) < 4.78 is 17.5. The van der Waals surface area contributed by atoms with Crippen molar-refractivity contribution in [2.24, 2.45) is 0 Å². The smallest absolute Gasteiger partial charge is 0.129 e. The minimum Gasteiger partial charge on any atom is -0.377 e. The van der Waals surface area contributed by atoms with Crippen molar-refractivity contribution < 1.29 is 9.13 Å². The molecule has 0 unspecified atom stereocenters. The van der Waals surface area contributed by atoms with Gasteiger partial charge < -0.3 is 10.1 Å². The zero-order valence-electron chi connectivity index (χ0n) is 5.56. The van der Waals surface area contributed by atoms with Crippen LogP contribution in [0.5, 0.6) is 0 Å². The van der Waals surface area contributed by atoms with Crippen molar-refractivity contribution in [3.63, 3.8) is 0 Å². The quantitative estimate of drug-likeness (QED) is 0.556. The Labute approximate surface area is 54.4 Å². The Bertz CT molecular complexity index is 89.1. The highest BCUT2D eigenvalue weighted by molar-refractivity contribution is 4.77. The first-order valence-corrected chi connectivity index (χ1v) is 3.22. The van der Waals surface area contributed by atoms with Crippen LogP contribution in [0, 0.1) is 0 Å². The van der Waals surface area contributed by atoms with E-state index < -0.39 is 6.17 Å². The lowest BCUT2D eigenvalue weighted by molar-refractivity contribution is 0.0154. The summed E-state index contributed by atoms with van der Waals surface area (Å²) in [6.07, 6.45) is -0.409. The fourth-order valence-corrected chi connectivity index (χ4v) is 1.03. The van der Waals surface area contributed by atoms with Crippen LogP contribution < -0.4 is 5.32 Å². The molecule has 3 heteroatoms. The number of methoxy groups -OCH3 is 1. The van der Waals surface area contributed by atoms with Gasteiger partial charge in [-0.05, 0) is 13.0 Å². The van der Waals surface area contributed by atoms with E-state index in [1.165, 1.54) is 0 Å². The number of piperidine rings is 1. The number of nitrogens with one attached hydrogen (secondary N) is 1. The molecule has 9 heavy (non-hydrogen) atoms. The van der Waals surface area contributed by atoms with Crippen LogP contribution >= 0.6 is 0 Å². The van der Waals surface area contributed by atoms with E-state index >= 15 is 0 Å². The molecule has 1 aliphatic heterocycles. The van der Waals surface area contributed by atoms with E-state index in [0.717, 1.165) is 6.54 Å². The van der Waals surface area contributed by atoms with Crippen molar-refractivity contribution in [1.82, 2.24) is 5.32 Å². The summed E-state index contributed by atoms with van der Waals surface area (Å²) in [6.45, 7) is 1.43. The highest BCUT2D eigenvalue weighted by Gasteiger charge is 2.23. The van der Waals surface area contributed by atoms with Gasteiger partial charge in [-0.15, -0.1) is 0 Å². The molecule has 1 N–H and O–H groups in total. The maximum absolute atomic E-state index is 12.7. The Balaban J connectivity index is 2.30. The molecule has 0 aliphatic carbocycles. The maximum atomic E-state index is 12.7. The summed E-state index contributed by atoms with van der Waals surface area (Å²) in [4.78, 5) is 0. The van der Waals surface area contributed by atoms with Crippen molar-refractivity contribution in [3.05, 3.63) is 0 Å². The number of alkyl halides is 1. The number of halogens is 1. The van der Waals surface area contributed by atoms with Gasteiger partial charge >= 0.3 is 0 Å². The molecule has 0 aromatic rings. The summed E-state index contributed by atoms with van der Waals surface area (Å²) in [5.41, 5.74) is 0. The van der Waals surface area contributed by atoms with Crippen molar-refractivity contribution in [2.75, 3.05) is 20.2 Å². The highest BCUT2D eigenvalue weighted by Crippen LogP contribution is 2.09. The van der Waals surface area contributed by atoms with E-state index in [2.05, 4.69) is 5.32 Å². The lowest BCUT2D eigenvalue weighted by atomic mass is 10.1. The third-order valence-corrected chi connectivity index (χ3v) is 1.65. The second-order valence-corrected chi connectivity index (χ2v) is 2.28. The molecular formula is C6H12FNO. The second-order valence-electron chi connectivity index (χ2n) is 2.28. The predicted molar refractivity (Wildman–Crippen MR) is 33.2 cm³/mol. The molecule has 0 saturated carbocycles. The lowest BCUT2D eigenvalue weighted by Gasteiger charge is -2.24. The Morgan fingerprint density at radius 2 is 2.44 bits per heavy atom. The van der Waals surface area contributed by atoms with Crippen LogP contribution in [0.3, 0.4) is 0 Å². The highest BCUT2D eigenvalue weighted by atomic mass is 19.1. The summed E-state index contributed by atoms with van der Waals surface area (Å²) in [5, 5.41) is 3.05. The van der Waals surface area contributed by atoms with E-state index in [4.69, 9.17) is 4.74 Å². The average Bonchev–Trinajstić information content (AvgIpc) is 1.89. The molecule has 1 aliphatic rings. The van der Waals surface area contributed by atoms with Gasteiger partial charge in [0.15, 0.2) is 0 Å². The molecule has 0 aromatic heterocycles. The van der Waals surface area contributed by atoms with E-state index in [0.29, 0.717) is 13.0 Å². The summed E-state index contributed by atoms with van der Waals surface area (Å²) in [6, 6.07) is 0. The Morgan fingerprint density at radius 1 is 1.67 bits per heavy atom. The summed E-state index contributed by atoms with van der Waals surface area (Å²) >= 11 is 0. The van der Waals surface area contributed by atoms with Gasteiger partial charge in [0.1, 0.15) is 12.3 Å². The average molecular weight is 133 g/mol. The zero-order chi connectivity index (χ0) is 6.69. The molecule has 1 heterocycles. The third kappa shape index (κ3) is 1.63. The van der Waals surface area contributed by atoms with Gasteiger partial charge in [0, 0.05) is 13.7 Å². The van der Waals surface area contributed by atoms with Gasteiger partial charge in [0.25, 0.3) is 0 Å². The monoisotopic (exact) mass is 133 g/mol. The summed E-state index contributed by atoms with van der Waals surface area (Å²) in [5.74, 6) is 0. The number of hydrogen-bond donors (Lipinski definition) is 1. The molecule has 1 saturated heterocycles. The SMILES string of the molecule is CO[C@H]1CNCC[C@H]1F. The standard InChI is InChI=1S/C6H12FNO/c1-9-6-4-8-3-2-5(6)7/h5-6,8H,2-4H2,1H3/t5-,6+/m1/s1. The van der Waals surface area contributed by atoms with E-state index in [-0.39, 0.29) is 6.10 Å². The molecule has 0 spiro atoms. The van der Waals surface area contributed by atoms with Gasteiger partial charge in [-0.25, -0.2) is 4.39 Å². The van der Waals surface area contributed by atoms with Gasteiger partial charge in [-0.1, -0.05) is 0 Å². The van der Waals surface area contributed by atoms with Crippen LogP contribution in [0.15, 0.2) is 0 Å². The second kappa shape index (κ2) is 3.13. The molecule has 54 valence electrons. The van der Waals surface area contributed by atoms with Gasteiger partial charge in [-0.3, -0.25) is 0 Å². The molecular weight excluding hydrogens is 121 g/mol. The first-order valence-electron chi connectivity index (χ1n) is 3.22. The molecule has 2 atom stereocenters. The summed E-state index contributed by atoms with van der Waals surface area (Å²) in [7, 11) is 1.55. The van der Waals surface area contributed by atoms with E-state index in [9.17, 15) is 4.39 Å². The minimum absolute atomic E-state index is 0.223. The molecule has 1 fully saturated rings. The molecule has 0 bridgehead atoms. The Kier molecular flexibility index (Phi) is 2.42. The molecule has 0 radical (unpaired) electrons. The van der Waals surface area contributed by atoms with Gasteiger partial charge in [0.05, 0.1) is 0 Å². The van der Waals surface area contributed by atoms with Crippen molar-refractivity contribution in [2.45, 2.75) is 18.7 Å². The zero-order valence-corrected chi connectivity index (χ0v) is 5.56. The normalized spacial score (nSPS) is 36.7. The van der Waals surface area contributed by atoms with E-state index in [1.807, 2.05) is 0 Å². The fourth-order valence-electron chi connectivity index (χ4n) is 1.03. The van der Waals surface area contributed by atoms with E-state index in [1.54, 1.807) is 7.11 Å². The van der Waals surface area contributed by atoms with Crippen LogP contribution in [0.25, 0.3) is 0 Å². The Morgan fingerprint density at radius 3 is 2.89 bits per heavy atom. The predicted octanol–water partition coefficient (Wildman–Crippen LogP) is 0.333. The largest absolute Gasteiger partial charge is 0.377 e. The molecule has 0 amide bonds. The van der Waals surface area contributed by atoms with Crippen molar-refractivity contribution >= 4 is 0 Å². The van der Waals surface area contributed by atoms with Crippen LogP contribution in [0.2, 0.25) is 0 Å². The number of rotatable bonds is 1. The first kappa shape index (κ1) is 6.96. The lowest BCUT2D eigenvalue weighted by Crippen LogP contribution is -2.42. The molecule has 0 aromatic carbocycles. The number of ether oxygens (including phenoxy) is 1. The maximum Gasteiger partial charge on any atom is 0.129 e.